The van der Waals surface area contributed by atoms with Gasteiger partial charge in [0.25, 0.3) is 0 Å². The topological polar surface area (TPSA) is 38.3 Å². The molecular weight excluding hydrogens is 442 g/mol. The minimum absolute atomic E-state index is 0.0189. The number of nitrogens with one attached hydrogen (secondary N) is 1. The molecule has 1 amide bonds. The van der Waals surface area contributed by atoms with Crippen molar-refractivity contribution >= 4 is 22.7 Å². The molecule has 0 atom stereocenters. The van der Waals surface area contributed by atoms with E-state index in [0.29, 0.717) is 6.61 Å². The van der Waals surface area contributed by atoms with Crippen LogP contribution in [0.1, 0.15) is 49.4 Å². The van der Waals surface area contributed by atoms with Crippen LogP contribution in [-0.4, -0.2) is 5.91 Å². The molecular formula is C33H33NO2. The summed E-state index contributed by atoms with van der Waals surface area (Å²) in [4.78, 5) is 12.1. The summed E-state index contributed by atoms with van der Waals surface area (Å²) in [6.45, 7) is 6.53. The molecule has 0 unspecified atom stereocenters. The third-order valence-electron chi connectivity index (χ3n) is 6.13. The number of carbonyl (C=O) groups is 1. The van der Waals surface area contributed by atoms with Crippen molar-refractivity contribution in [3.05, 3.63) is 131 Å². The predicted octanol–water partition coefficient (Wildman–Crippen LogP) is 8.23. The van der Waals surface area contributed by atoms with Gasteiger partial charge in [-0.25, -0.2) is 0 Å². The first-order chi connectivity index (χ1) is 17.5. The van der Waals surface area contributed by atoms with Crippen LogP contribution in [-0.2, 0) is 11.4 Å². The normalized spacial score (nSPS) is 11.7. The minimum Gasteiger partial charge on any atom is -0.489 e. The highest BCUT2D eigenvalue weighted by Gasteiger charge is 2.14. The highest BCUT2D eigenvalue weighted by molar-refractivity contribution is 5.99. The van der Waals surface area contributed by atoms with Gasteiger partial charge in [0.15, 0.2) is 0 Å². The fourth-order valence-corrected chi connectivity index (χ4v) is 4.15. The molecule has 36 heavy (non-hydrogen) atoms. The van der Waals surface area contributed by atoms with Gasteiger partial charge in [-0.05, 0) is 64.1 Å². The molecule has 0 radical (unpaired) electrons. The molecule has 0 saturated heterocycles. The van der Waals surface area contributed by atoms with Crippen LogP contribution in [0.2, 0.25) is 0 Å². The lowest BCUT2D eigenvalue weighted by Crippen LogP contribution is -2.17. The van der Waals surface area contributed by atoms with Crippen molar-refractivity contribution in [1.82, 2.24) is 0 Å². The van der Waals surface area contributed by atoms with E-state index in [0.717, 1.165) is 34.5 Å². The van der Waals surface area contributed by atoms with Crippen molar-refractivity contribution < 1.29 is 9.53 Å². The van der Waals surface area contributed by atoms with Gasteiger partial charge in [0.05, 0.1) is 0 Å². The average Bonchev–Trinajstić information content (AvgIpc) is 2.92. The monoisotopic (exact) mass is 475 g/mol. The van der Waals surface area contributed by atoms with Crippen LogP contribution in [0.15, 0.2) is 109 Å². The van der Waals surface area contributed by atoms with E-state index in [-0.39, 0.29) is 11.8 Å². The molecule has 182 valence electrons. The van der Waals surface area contributed by atoms with Crippen LogP contribution in [0.5, 0.6) is 5.75 Å². The van der Waals surface area contributed by atoms with Gasteiger partial charge in [-0.3, -0.25) is 4.79 Å². The minimum atomic E-state index is -0.0595. The molecule has 4 aromatic rings. The maximum atomic E-state index is 12.1. The zero-order chi connectivity index (χ0) is 25.3. The second-order valence-electron chi connectivity index (χ2n) is 9.09. The molecule has 0 fully saturated rings. The van der Waals surface area contributed by atoms with Crippen LogP contribution < -0.4 is 10.1 Å². The van der Waals surface area contributed by atoms with E-state index >= 15 is 0 Å². The third kappa shape index (κ3) is 6.31. The number of benzene rings is 4. The van der Waals surface area contributed by atoms with Crippen LogP contribution in [0.25, 0.3) is 11.1 Å². The van der Waals surface area contributed by atoms with E-state index in [4.69, 9.17) is 4.74 Å². The summed E-state index contributed by atoms with van der Waals surface area (Å²) < 4.78 is 6.00. The van der Waals surface area contributed by atoms with Crippen LogP contribution in [0, 0.1) is 5.92 Å². The molecule has 3 nitrogen and oxygen atoms in total. The molecule has 3 heteroatoms. The Hall–Kier alpha value is -4.11. The van der Waals surface area contributed by atoms with Crippen molar-refractivity contribution in [2.75, 3.05) is 5.32 Å². The number of anilines is 1. The van der Waals surface area contributed by atoms with Crippen molar-refractivity contribution in [2.45, 2.75) is 33.8 Å². The summed E-state index contributed by atoms with van der Waals surface area (Å²) in [5.41, 5.74) is 7.86. The van der Waals surface area contributed by atoms with Gasteiger partial charge in [0.2, 0.25) is 5.91 Å². The second kappa shape index (κ2) is 12.0. The van der Waals surface area contributed by atoms with E-state index in [1.807, 2.05) is 62.4 Å². The molecule has 0 aliphatic rings. The quantitative estimate of drug-likeness (QED) is 0.248. The summed E-state index contributed by atoms with van der Waals surface area (Å²) >= 11 is 0. The maximum Gasteiger partial charge on any atom is 0.226 e. The molecule has 4 aromatic carbocycles. The maximum absolute atomic E-state index is 12.1. The van der Waals surface area contributed by atoms with Gasteiger partial charge in [-0.2, -0.15) is 0 Å². The third-order valence-corrected chi connectivity index (χ3v) is 6.13. The second-order valence-corrected chi connectivity index (χ2v) is 9.09. The lowest BCUT2D eigenvalue weighted by atomic mass is 9.88. The molecule has 4 rings (SSSR count). The number of ether oxygens (including phenoxy) is 1. The molecule has 0 spiro atoms. The van der Waals surface area contributed by atoms with E-state index in [2.05, 4.69) is 72.9 Å². The summed E-state index contributed by atoms with van der Waals surface area (Å²) in [5, 5.41) is 2.98. The SMILES string of the molecule is CC/C(=C(\c1ccccc1)c1ccc(NC(=O)C(C)C)cc1)c1ccc(OCc2ccccc2)cc1. The Morgan fingerprint density at radius 1 is 0.722 bits per heavy atom. The Balaban J connectivity index is 1.65. The lowest BCUT2D eigenvalue weighted by Gasteiger charge is -2.17. The zero-order valence-corrected chi connectivity index (χ0v) is 21.2. The highest BCUT2D eigenvalue weighted by atomic mass is 16.5. The molecule has 0 aromatic heterocycles. The Morgan fingerprint density at radius 3 is 1.86 bits per heavy atom. The molecule has 1 N–H and O–H groups in total. The largest absolute Gasteiger partial charge is 0.489 e. The summed E-state index contributed by atoms with van der Waals surface area (Å²) in [6.07, 6.45) is 0.875. The van der Waals surface area contributed by atoms with Crippen molar-refractivity contribution in [3.8, 4) is 5.75 Å². The van der Waals surface area contributed by atoms with Gasteiger partial charge < -0.3 is 10.1 Å². The molecule has 0 aliphatic carbocycles. The number of carbonyl (C=O) groups excluding carboxylic acids is 1. The number of hydrogen-bond acceptors (Lipinski definition) is 2. The van der Waals surface area contributed by atoms with Crippen LogP contribution >= 0.6 is 0 Å². The smallest absolute Gasteiger partial charge is 0.226 e. The highest BCUT2D eigenvalue weighted by Crippen LogP contribution is 2.35. The molecule has 0 bridgehead atoms. The fraction of sp³-hybridized carbons (Fsp3) is 0.182. The fourth-order valence-electron chi connectivity index (χ4n) is 4.15. The van der Waals surface area contributed by atoms with E-state index in [1.54, 1.807) is 0 Å². The summed E-state index contributed by atoms with van der Waals surface area (Å²) in [6, 6.07) is 37.2. The Labute approximate surface area is 214 Å². The number of allylic oxidation sites excluding steroid dienone is 1. The van der Waals surface area contributed by atoms with Crippen molar-refractivity contribution in [3.63, 3.8) is 0 Å². The van der Waals surface area contributed by atoms with Gasteiger partial charge in [0.1, 0.15) is 12.4 Å². The van der Waals surface area contributed by atoms with E-state index in [9.17, 15) is 4.79 Å². The standard InChI is InChI=1S/C33H33NO2/c1-4-31(26-17-21-30(22-18-26)36-23-25-11-7-5-8-12-25)32(27-13-9-6-10-14-27)28-15-19-29(20-16-28)34-33(35)24(2)3/h5-22,24H,4,23H2,1-3H3,(H,34,35)/b32-31-. The Bertz CT molecular complexity index is 1290. The lowest BCUT2D eigenvalue weighted by molar-refractivity contribution is -0.118. The zero-order valence-electron chi connectivity index (χ0n) is 21.2. The van der Waals surface area contributed by atoms with Crippen LogP contribution in [0.3, 0.4) is 0 Å². The van der Waals surface area contributed by atoms with Gasteiger partial charge in [0, 0.05) is 11.6 Å². The van der Waals surface area contributed by atoms with E-state index in [1.165, 1.54) is 16.7 Å². The summed E-state index contributed by atoms with van der Waals surface area (Å²) in [7, 11) is 0. The first-order valence-corrected chi connectivity index (χ1v) is 12.5. The molecule has 0 heterocycles. The summed E-state index contributed by atoms with van der Waals surface area (Å²) in [5.74, 6) is 0.811. The first kappa shape index (κ1) is 25.0. The Morgan fingerprint density at radius 2 is 1.28 bits per heavy atom. The molecule has 0 aliphatic heterocycles. The number of amides is 1. The Kier molecular flexibility index (Phi) is 8.36. The first-order valence-electron chi connectivity index (χ1n) is 12.5. The number of rotatable bonds is 9. The van der Waals surface area contributed by atoms with Gasteiger partial charge in [-0.15, -0.1) is 0 Å². The van der Waals surface area contributed by atoms with Gasteiger partial charge in [-0.1, -0.05) is 106 Å². The number of hydrogen-bond donors (Lipinski definition) is 1. The van der Waals surface area contributed by atoms with Crippen molar-refractivity contribution in [1.29, 1.82) is 0 Å². The van der Waals surface area contributed by atoms with Crippen molar-refractivity contribution in [2.24, 2.45) is 5.92 Å². The molecule has 0 saturated carbocycles. The predicted molar refractivity (Wildman–Crippen MR) is 150 cm³/mol. The van der Waals surface area contributed by atoms with E-state index < -0.39 is 0 Å². The average molecular weight is 476 g/mol. The van der Waals surface area contributed by atoms with Crippen LogP contribution in [0.4, 0.5) is 5.69 Å². The van der Waals surface area contributed by atoms with Gasteiger partial charge >= 0.3 is 0 Å².